The maximum atomic E-state index is 12.4. The van der Waals surface area contributed by atoms with Crippen LogP contribution < -0.4 is 10.6 Å². The molecule has 0 aromatic heterocycles. The molecule has 0 saturated carbocycles. The number of carbonyl (C=O) groups is 1. The van der Waals surface area contributed by atoms with Crippen molar-refractivity contribution < 1.29 is 4.79 Å². The predicted molar refractivity (Wildman–Crippen MR) is 125 cm³/mol. The molecule has 0 fully saturated rings. The van der Waals surface area contributed by atoms with Crippen LogP contribution in [0.1, 0.15) is 54.2 Å². The van der Waals surface area contributed by atoms with Gasteiger partial charge in [-0.3, -0.25) is 4.79 Å². The van der Waals surface area contributed by atoms with Crippen LogP contribution in [0.4, 0.5) is 0 Å². The normalized spacial score (nSPS) is 14.2. The summed E-state index contributed by atoms with van der Waals surface area (Å²) in [6, 6.07) is 12.1. The Bertz CT molecular complexity index is 843. The minimum atomic E-state index is -0.00635. The molecule has 0 atom stereocenters. The summed E-state index contributed by atoms with van der Waals surface area (Å²) in [6.07, 6.45) is 3.00. The average Bonchev–Trinajstić information content (AvgIpc) is 2.94. The summed E-state index contributed by atoms with van der Waals surface area (Å²) >= 11 is 8.30. The molecule has 3 nitrogen and oxygen atoms in total. The summed E-state index contributed by atoms with van der Waals surface area (Å²) in [6.45, 7) is 9.23. The van der Waals surface area contributed by atoms with Gasteiger partial charge in [0, 0.05) is 17.0 Å². The molecule has 156 valence electrons. The molecule has 0 bridgehead atoms. The highest BCUT2D eigenvalue weighted by Crippen LogP contribution is 2.34. The Hall–Kier alpha value is -1.49. The second-order valence-electron chi connectivity index (χ2n) is 8.55. The molecule has 1 aliphatic heterocycles. The van der Waals surface area contributed by atoms with Gasteiger partial charge in [0.05, 0.1) is 5.02 Å². The van der Waals surface area contributed by atoms with Crippen LogP contribution in [0.2, 0.25) is 5.02 Å². The molecule has 1 aliphatic rings. The Morgan fingerprint density at radius 3 is 2.55 bits per heavy atom. The van der Waals surface area contributed by atoms with Gasteiger partial charge in [-0.1, -0.05) is 50.6 Å². The summed E-state index contributed by atoms with van der Waals surface area (Å²) in [5.41, 5.74) is 4.86. The molecular formula is C24H31ClN2OS. The van der Waals surface area contributed by atoms with Crippen molar-refractivity contribution in [3.8, 4) is 0 Å². The standard InChI is InChI=1S/C24H31ClN2OS/c1-24(2,3)19-8-5-18(6-9-19)23(28)27-13-4-16-29-22-20-12-15-26-14-11-17(20)7-10-21(22)25/h5-10,26H,4,11-16H2,1-3H3,(H,27,28). The first-order valence-corrected chi connectivity index (χ1v) is 11.7. The van der Waals surface area contributed by atoms with Crippen molar-refractivity contribution in [3.05, 3.63) is 63.7 Å². The van der Waals surface area contributed by atoms with E-state index in [2.05, 4.69) is 37.5 Å². The molecule has 3 rings (SSSR count). The average molecular weight is 431 g/mol. The smallest absolute Gasteiger partial charge is 0.251 e. The second-order valence-corrected chi connectivity index (χ2v) is 10.1. The Morgan fingerprint density at radius 1 is 1.10 bits per heavy atom. The Balaban J connectivity index is 1.48. The zero-order valence-electron chi connectivity index (χ0n) is 17.6. The van der Waals surface area contributed by atoms with Gasteiger partial charge in [0.15, 0.2) is 0 Å². The topological polar surface area (TPSA) is 41.1 Å². The first-order valence-electron chi connectivity index (χ1n) is 10.4. The van der Waals surface area contributed by atoms with E-state index in [1.807, 2.05) is 42.1 Å². The lowest BCUT2D eigenvalue weighted by Crippen LogP contribution is -2.25. The number of hydrogen-bond donors (Lipinski definition) is 2. The van der Waals surface area contributed by atoms with E-state index in [4.69, 9.17) is 11.6 Å². The fourth-order valence-corrected chi connectivity index (χ4v) is 4.98. The van der Waals surface area contributed by atoms with Crippen molar-refractivity contribution in [2.24, 2.45) is 0 Å². The third-order valence-electron chi connectivity index (χ3n) is 5.30. The van der Waals surface area contributed by atoms with Crippen LogP contribution in [0, 0.1) is 0 Å². The largest absolute Gasteiger partial charge is 0.352 e. The first-order chi connectivity index (χ1) is 13.9. The predicted octanol–water partition coefficient (Wildman–Crippen LogP) is 5.24. The molecule has 5 heteroatoms. The molecule has 2 aromatic rings. The Kier molecular flexibility index (Phi) is 7.66. The third-order valence-corrected chi connectivity index (χ3v) is 6.97. The first kappa shape index (κ1) is 22.2. The van der Waals surface area contributed by atoms with Crippen LogP contribution in [-0.4, -0.2) is 31.3 Å². The number of rotatable bonds is 6. The zero-order valence-corrected chi connectivity index (χ0v) is 19.2. The number of amides is 1. The fourth-order valence-electron chi connectivity index (χ4n) is 3.54. The zero-order chi connectivity index (χ0) is 20.9. The van der Waals surface area contributed by atoms with Gasteiger partial charge in [-0.05, 0) is 78.4 Å². The third kappa shape index (κ3) is 6.00. The molecule has 1 heterocycles. The van der Waals surface area contributed by atoms with Crippen LogP contribution in [0.5, 0.6) is 0 Å². The molecule has 0 aliphatic carbocycles. The highest BCUT2D eigenvalue weighted by Gasteiger charge is 2.16. The monoisotopic (exact) mass is 430 g/mol. The van der Waals surface area contributed by atoms with Gasteiger partial charge in [0.25, 0.3) is 5.91 Å². The van der Waals surface area contributed by atoms with Crippen molar-refractivity contribution in [3.63, 3.8) is 0 Å². The number of carbonyl (C=O) groups excluding carboxylic acids is 1. The second kappa shape index (κ2) is 10.0. The summed E-state index contributed by atoms with van der Waals surface area (Å²) in [5.74, 6) is 0.931. The van der Waals surface area contributed by atoms with Crippen LogP contribution in [0.15, 0.2) is 41.3 Å². The van der Waals surface area contributed by atoms with E-state index < -0.39 is 0 Å². The van der Waals surface area contributed by atoms with E-state index in [0.29, 0.717) is 6.54 Å². The SMILES string of the molecule is CC(C)(C)c1ccc(C(=O)NCCCSc2c(Cl)ccc3c2CCNCC3)cc1. The lowest BCUT2D eigenvalue weighted by molar-refractivity contribution is 0.0953. The van der Waals surface area contributed by atoms with E-state index in [0.717, 1.165) is 48.7 Å². The van der Waals surface area contributed by atoms with Crippen molar-refractivity contribution in [1.29, 1.82) is 0 Å². The number of halogens is 1. The molecular weight excluding hydrogens is 400 g/mol. The molecule has 2 aromatic carbocycles. The highest BCUT2D eigenvalue weighted by molar-refractivity contribution is 7.99. The lowest BCUT2D eigenvalue weighted by atomic mass is 9.87. The molecule has 29 heavy (non-hydrogen) atoms. The Labute approximate surface area is 184 Å². The minimum absolute atomic E-state index is 0.00635. The Morgan fingerprint density at radius 2 is 1.83 bits per heavy atom. The van der Waals surface area contributed by atoms with Gasteiger partial charge in [0.1, 0.15) is 0 Å². The van der Waals surface area contributed by atoms with Crippen LogP contribution >= 0.6 is 23.4 Å². The summed E-state index contributed by atoms with van der Waals surface area (Å²) in [4.78, 5) is 13.6. The molecule has 1 amide bonds. The quantitative estimate of drug-likeness (QED) is 0.486. The van der Waals surface area contributed by atoms with Crippen LogP contribution in [0.25, 0.3) is 0 Å². The van der Waals surface area contributed by atoms with Crippen LogP contribution in [-0.2, 0) is 18.3 Å². The van der Waals surface area contributed by atoms with E-state index in [9.17, 15) is 4.79 Å². The number of benzene rings is 2. The van der Waals surface area contributed by atoms with Gasteiger partial charge >= 0.3 is 0 Å². The number of thioether (sulfide) groups is 1. The highest BCUT2D eigenvalue weighted by atomic mass is 35.5. The minimum Gasteiger partial charge on any atom is -0.352 e. The van der Waals surface area contributed by atoms with Crippen molar-refractivity contribution in [2.75, 3.05) is 25.4 Å². The lowest BCUT2D eigenvalue weighted by Gasteiger charge is -2.19. The van der Waals surface area contributed by atoms with E-state index in [1.54, 1.807) is 0 Å². The van der Waals surface area contributed by atoms with Crippen molar-refractivity contribution in [1.82, 2.24) is 10.6 Å². The van der Waals surface area contributed by atoms with Crippen LogP contribution in [0.3, 0.4) is 0 Å². The molecule has 0 radical (unpaired) electrons. The number of fused-ring (bicyclic) bond motifs is 1. The van der Waals surface area contributed by atoms with Crippen molar-refractivity contribution >= 4 is 29.3 Å². The van der Waals surface area contributed by atoms with Gasteiger partial charge < -0.3 is 10.6 Å². The van der Waals surface area contributed by atoms with E-state index in [-0.39, 0.29) is 11.3 Å². The molecule has 2 N–H and O–H groups in total. The fraction of sp³-hybridized carbons (Fsp3) is 0.458. The van der Waals surface area contributed by atoms with Gasteiger partial charge in [-0.15, -0.1) is 11.8 Å². The summed E-state index contributed by atoms with van der Waals surface area (Å²) < 4.78 is 0. The number of hydrogen-bond acceptors (Lipinski definition) is 3. The maximum Gasteiger partial charge on any atom is 0.251 e. The summed E-state index contributed by atoms with van der Waals surface area (Å²) in [5, 5.41) is 7.34. The van der Waals surface area contributed by atoms with Crippen molar-refractivity contribution in [2.45, 2.75) is 50.3 Å². The molecule has 0 spiro atoms. The molecule has 0 unspecified atom stereocenters. The van der Waals surface area contributed by atoms with E-state index in [1.165, 1.54) is 21.6 Å². The molecule has 0 saturated heterocycles. The van der Waals surface area contributed by atoms with Gasteiger partial charge in [-0.2, -0.15) is 0 Å². The number of nitrogens with one attached hydrogen (secondary N) is 2. The van der Waals surface area contributed by atoms with Gasteiger partial charge in [0.2, 0.25) is 0 Å². The van der Waals surface area contributed by atoms with Gasteiger partial charge in [-0.25, -0.2) is 0 Å². The maximum absolute atomic E-state index is 12.4. The summed E-state index contributed by atoms with van der Waals surface area (Å²) in [7, 11) is 0. The van der Waals surface area contributed by atoms with E-state index >= 15 is 0 Å².